The predicted molar refractivity (Wildman–Crippen MR) is 60.2 cm³/mol. The van der Waals surface area contributed by atoms with Gasteiger partial charge in [-0.2, -0.15) is 5.26 Å². The lowest BCUT2D eigenvalue weighted by atomic mass is 10.2. The van der Waals surface area contributed by atoms with Gasteiger partial charge < -0.3 is 10.5 Å². The van der Waals surface area contributed by atoms with Crippen molar-refractivity contribution in [2.24, 2.45) is 5.73 Å². The number of benzene rings is 1. The van der Waals surface area contributed by atoms with E-state index in [1.165, 1.54) is 0 Å². The Hall–Kier alpha value is -0.950. The SMILES string of the molecule is N#CCC(N)COc1cccc(Cl)c1Cl. The summed E-state index contributed by atoms with van der Waals surface area (Å²) in [6.45, 7) is 0.244. The van der Waals surface area contributed by atoms with Crippen molar-refractivity contribution in [2.45, 2.75) is 12.5 Å². The van der Waals surface area contributed by atoms with E-state index in [2.05, 4.69) is 0 Å². The second-order valence-corrected chi connectivity index (χ2v) is 3.77. The lowest BCUT2D eigenvalue weighted by Gasteiger charge is -2.11. The Morgan fingerprint density at radius 3 is 2.87 bits per heavy atom. The molecule has 1 rings (SSSR count). The summed E-state index contributed by atoms with van der Waals surface area (Å²) in [7, 11) is 0. The molecular weight excluding hydrogens is 235 g/mol. The molecule has 1 aromatic carbocycles. The van der Waals surface area contributed by atoms with Crippen LogP contribution in [0.25, 0.3) is 0 Å². The standard InChI is InChI=1S/C10H10Cl2N2O/c11-8-2-1-3-9(10(8)12)15-6-7(14)4-5-13/h1-3,7H,4,6,14H2. The topological polar surface area (TPSA) is 59.0 Å². The van der Waals surface area contributed by atoms with Gasteiger partial charge in [-0.25, -0.2) is 0 Å². The highest BCUT2D eigenvalue weighted by Gasteiger charge is 2.07. The van der Waals surface area contributed by atoms with Crippen LogP contribution in [-0.4, -0.2) is 12.6 Å². The van der Waals surface area contributed by atoms with E-state index < -0.39 is 0 Å². The molecular formula is C10H10Cl2N2O. The number of hydrogen-bond donors (Lipinski definition) is 1. The molecule has 2 N–H and O–H groups in total. The molecule has 1 aromatic rings. The Bertz CT molecular complexity index is 376. The van der Waals surface area contributed by atoms with E-state index in [4.69, 9.17) is 38.9 Å². The maximum atomic E-state index is 8.40. The van der Waals surface area contributed by atoms with Crippen LogP contribution in [0, 0.1) is 11.3 Å². The quantitative estimate of drug-likeness (QED) is 0.886. The van der Waals surface area contributed by atoms with Crippen LogP contribution in [0.1, 0.15) is 6.42 Å². The Morgan fingerprint density at radius 1 is 1.47 bits per heavy atom. The molecule has 0 heterocycles. The van der Waals surface area contributed by atoms with Crippen LogP contribution in [0.15, 0.2) is 18.2 Å². The molecule has 0 fully saturated rings. The van der Waals surface area contributed by atoms with Crippen LogP contribution in [-0.2, 0) is 0 Å². The van der Waals surface area contributed by atoms with Gasteiger partial charge >= 0.3 is 0 Å². The number of nitrogens with two attached hydrogens (primary N) is 1. The summed E-state index contributed by atoms with van der Waals surface area (Å²) in [5, 5.41) is 9.20. The molecule has 0 aliphatic heterocycles. The Balaban J connectivity index is 2.58. The zero-order valence-corrected chi connectivity index (χ0v) is 9.42. The van der Waals surface area contributed by atoms with Crippen LogP contribution in [0.4, 0.5) is 0 Å². The van der Waals surface area contributed by atoms with Crippen molar-refractivity contribution in [3.8, 4) is 11.8 Å². The van der Waals surface area contributed by atoms with Gasteiger partial charge in [0.2, 0.25) is 0 Å². The normalized spacial score (nSPS) is 11.9. The van der Waals surface area contributed by atoms with Gasteiger partial charge in [0, 0.05) is 0 Å². The number of nitriles is 1. The Labute approximate surface area is 98.3 Å². The first-order valence-electron chi connectivity index (χ1n) is 4.34. The lowest BCUT2D eigenvalue weighted by Crippen LogP contribution is -2.27. The van der Waals surface area contributed by atoms with Gasteiger partial charge in [0.25, 0.3) is 0 Å². The van der Waals surface area contributed by atoms with Gasteiger partial charge in [-0.05, 0) is 12.1 Å². The Kier molecular flexibility index (Phi) is 4.70. The minimum Gasteiger partial charge on any atom is -0.490 e. The van der Waals surface area contributed by atoms with Crippen molar-refractivity contribution in [1.82, 2.24) is 0 Å². The molecule has 0 aromatic heterocycles. The molecule has 0 aliphatic rings. The van der Waals surface area contributed by atoms with Crippen molar-refractivity contribution < 1.29 is 4.74 Å². The Morgan fingerprint density at radius 2 is 2.20 bits per heavy atom. The van der Waals surface area contributed by atoms with Crippen LogP contribution in [0.3, 0.4) is 0 Å². The van der Waals surface area contributed by atoms with Crippen molar-refractivity contribution in [3.05, 3.63) is 28.2 Å². The fourth-order valence-electron chi connectivity index (χ4n) is 0.968. The van der Waals surface area contributed by atoms with Crippen LogP contribution in [0.5, 0.6) is 5.75 Å². The highest BCUT2D eigenvalue weighted by molar-refractivity contribution is 6.42. The lowest BCUT2D eigenvalue weighted by molar-refractivity contribution is 0.290. The minimum absolute atomic E-state index is 0.244. The molecule has 0 radical (unpaired) electrons. The van der Waals surface area contributed by atoms with Crippen LogP contribution >= 0.6 is 23.2 Å². The molecule has 0 amide bonds. The van der Waals surface area contributed by atoms with Crippen molar-refractivity contribution in [3.63, 3.8) is 0 Å². The fourth-order valence-corrected chi connectivity index (χ4v) is 1.31. The summed E-state index contributed by atoms with van der Waals surface area (Å²) >= 11 is 11.7. The van der Waals surface area contributed by atoms with E-state index in [0.717, 1.165) is 0 Å². The van der Waals surface area contributed by atoms with E-state index in [1.807, 2.05) is 6.07 Å². The number of nitrogens with zero attached hydrogens (tertiary/aromatic N) is 1. The van der Waals surface area contributed by atoms with E-state index >= 15 is 0 Å². The summed E-state index contributed by atoms with van der Waals surface area (Å²) < 4.78 is 5.34. The first kappa shape index (κ1) is 12.1. The van der Waals surface area contributed by atoms with Gasteiger partial charge in [-0.3, -0.25) is 0 Å². The highest BCUT2D eigenvalue weighted by Crippen LogP contribution is 2.31. The van der Waals surface area contributed by atoms with Gasteiger partial charge in [0.15, 0.2) is 0 Å². The largest absolute Gasteiger partial charge is 0.490 e. The van der Waals surface area contributed by atoms with E-state index in [-0.39, 0.29) is 19.1 Å². The van der Waals surface area contributed by atoms with E-state index in [9.17, 15) is 0 Å². The third-order valence-electron chi connectivity index (χ3n) is 1.72. The third kappa shape index (κ3) is 3.60. The molecule has 0 saturated heterocycles. The van der Waals surface area contributed by atoms with Gasteiger partial charge in [-0.15, -0.1) is 0 Å². The molecule has 5 heteroatoms. The molecule has 0 spiro atoms. The fraction of sp³-hybridized carbons (Fsp3) is 0.300. The maximum absolute atomic E-state index is 8.40. The molecule has 1 atom stereocenters. The second-order valence-electron chi connectivity index (χ2n) is 2.99. The van der Waals surface area contributed by atoms with Gasteiger partial charge in [0.05, 0.1) is 23.6 Å². The monoisotopic (exact) mass is 244 g/mol. The van der Waals surface area contributed by atoms with Crippen molar-refractivity contribution in [2.75, 3.05) is 6.61 Å². The number of rotatable bonds is 4. The third-order valence-corrected chi connectivity index (χ3v) is 2.52. The highest BCUT2D eigenvalue weighted by atomic mass is 35.5. The minimum atomic E-state index is -0.315. The average molecular weight is 245 g/mol. The summed E-state index contributed by atoms with van der Waals surface area (Å²) in [6, 6.07) is 6.76. The molecule has 3 nitrogen and oxygen atoms in total. The zero-order chi connectivity index (χ0) is 11.3. The first-order valence-corrected chi connectivity index (χ1v) is 5.10. The number of halogens is 2. The maximum Gasteiger partial charge on any atom is 0.139 e. The van der Waals surface area contributed by atoms with Crippen LogP contribution in [0.2, 0.25) is 10.0 Å². The van der Waals surface area contributed by atoms with Crippen LogP contribution < -0.4 is 10.5 Å². The number of hydrogen-bond acceptors (Lipinski definition) is 3. The van der Waals surface area contributed by atoms with Gasteiger partial charge in [0.1, 0.15) is 17.4 Å². The molecule has 0 bridgehead atoms. The summed E-state index contributed by atoms with van der Waals surface area (Å²) in [4.78, 5) is 0. The van der Waals surface area contributed by atoms with Crippen molar-refractivity contribution >= 4 is 23.2 Å². The smallest absolute Gasteiger partial charge is 0.139 e. The molecule has 80 valence electrons. The van der Waals surface area contributed by atoms with Crippen molar-refractivity contribution in [1.29, 1.82) is 5.26 Å². The van der Waals surface area contributed by atoms with Gasteiger partial charge in [-0.1, -0.05) is 29.3 Å². The first-order chi connectivity index (χ1) is 7.15. The second kappa shape index (κ2) is 5.82. The number of ether oxygens (including phenoxy) is 1. The average Bonchev–Trinajstić information content (AvgIpc) is 2.21. The van der Waals surface area contributed by atoms with E-state index in [0.29, 0.717) is 15.8 Å². The molecule has 1 unspecified atom stereocenters. The molecule has 15 heavy (non-hydrogen) atoms. The van der Waals surface area contributed by atoms with E-state index in [1.54, 1.807) is 18.2 Å². The predicted octanol–water partition coefficient (Wildman–Crippen LogP) is 2.61. The zero-order valence-electron chi connectivity index (χ0n) is 7.91. The summed E-state index contributed by atoms with van der Waals surface area (Å²) in [5.41, 5.74) is 5.60. The molecule has 0 aliphatic carbocycles. The molecule has 0 saturated carbocycles. The summed E-state index contributed by atoms with van der Waals surface area (Å²) in [6.07, 6.45) is 0.248. The summed E-state index contributed by atoms with van der Waals surface area (Å²) in [5.74, 6) is 0.484.